The summed E-state index contributed by atoms with van der Waals surface area (Å²) >= 11 is 0. The Morgan fingerprint density at radius 2 is 1.90 bits per heavy atom. The van der Waals surface area contributed by atoms with E-state index in [4.69, 9.17) is 0 Å². The molecule has 1 saturated heterocycles. The van der Waals surface area contributed by atoms with Crippen LogP contribution in [0, 0.1) is 5.92 Å². The highest BCUT2D eigenvalue weighted by atomic mass is 32.2. The second-order valence-electron chi connectivity index (χ2n) is 5.95. The number of carboxylic acid groups (broad SMARTS) is 1. The number of nitrogens with zero attached hydrogens (tertiary/aromatic N) is 2. The van der Waals surface area contributed by atoms with Gasteiger partial charge in [-0.15, -0.1) is 0 Å². The van der Waals surface area contributed by atoms with Gasteiger partial charge in [0.1, 0.15) is 10.6 Å². The minimum absolute atomic E-state index is 0.00829. The van der Waals surface area contributed by atoms with Crippen LogP contribution in [-0.2, 0) is 10.0 Å². The zero-order valence-electron chi connectivity index (χ0n) is 12.6. The molecule has 1 aliphatic heterocycles. The molecule has 6 nitrogen and oxygen atoms in total. The Balaban J connectivity index is 2.36. The predicted molar refractivity (Wildman–Crippen MR) is 78.9 cm³/mol. The van der Waals surface area contributed by atoms with Crippen molar-refractivity contribution in [3.63, 3.8) is 0 Å². The molecule has 2 heterocycles. The predicted octanol–water partition coefficient (Wildman–Crippen LogP) is 2.19. The second-order valence-corrected chi connectivity index (χ2v) is 7.89. The van der Waals surface area contributed by atoms with Crippen LogP contribution in [0.1, 0.15) is 50.1 Å². The SMILES string of the molecule is CC1CCN(S(=O)(=O)c2cc(C(=O)O)n(C(C)C)c2)CC1. The van der Waals surface area contributed by atoms with Crippen molar-refractivity contribution in [1.82, 2.24) is 8.87 Å². The average Bonchev–Trinajstić information content (AvgIpc) is 2.85. The van der Waals surface area contributed by atoms with Gasteiger partial charge in [0.15, 0.2) is 0 Å². The Morgan fingerprint density at radius 3 is 2.33 bits per heavy atom. The second kappa shape index (κ2) is 5.81. The lowest BCUT2D eigenvalue weighted by atomic mass is 10.0. The van der Waals surface area contributed by atoms with Crippen LogP contribution >= 0.6 is 0 Å². The molecular weight excluding hydrogens is 292 g/mol. The molecule has 1 fully saturated rings. The fourth-order valence-corrected chi connectivity index (χ4v) is 4.06. The van der Waals surface area contributed by atoms with E-state index in [1.807, 2.05) is 13.8 Å². The first kappa shape index (κ1) is 16.0. The Bertz CT molecular complexity index is 625. The highest BCUT2D eigenvalue weighted by molar-refractivity contribution is 7.89. The summed E-state index contributed by atoms with van der Waals surface area (Å²) in [5.41, 5.74) is 0.00829. The molecule has 0 bridgehead atoms. The van der Waals surface area contributed by atoms with Crippen LogP contribution in [0.2, 0.25) is 0 Å². The van der Waals surface area contributed by atoms with E-state index in [-0.39, 0.29) is 16.6 Å². The molecule has 0 amide bonds. The van der Waals surface area contributed by atoms with Gasteiger partial charge in [0.05, 0.1) is 0 Å². The largest absolute Gasteiger partial charge is 0.477 e. The number of hydrogen-bond acceptors (Lipinski definition) is 3. The van der Waals surface area contributed by atoms with Crippen LogP contribution in [0.3, 0.4) is 0 Å². The number of piperidine rings is 1. The van der Waals surface area contributed by atoms with Gasteiger partial charge >= 0.3 is 5.97 Å². The standard InChI is InChI=1S/C14H22N2O4S/c1-10(2)16-9-12(8-13(16)14(17)18)21(19,20)15-6-4-11(3)5-7-15/h8-11H,4-7H2,1-3H3,(H,17,18). The normalized spacial score (nSPS) is 18.3. The topological polar surface area (TPSA) is 79.6 Å². The van der Waals surface area contributed by atoms with Gasteiger partial charge in [-0.2, -0.15) is 4.31 Å². The van der Waals surface area contributed by atoms with Crippen molar-refractivity contribution >= 4 is 16.0 Å². The van der Waals surface area contributed by atoms with E-state index >= 15 is 0 Å². The Kier molecular flexibility index (Phi) is 4.43. The molecule has 7 heteroatoms. The van der Waals surface area contributed by atoms with Gasteiger partial charge in [0.2, 0.25) is 10.0 Å². The number of hydrogen-bond donors (Lipinski definition) is 1. The van der Waals surface area contributed by atoms with E-state index in [9.17, 15) is 18.3 Å². The van der Waals surface area contributed by atoms with Crippen molar-refractivity contribution in [2.45, 2.75) is 44.6 Å². The Morgan fingerprint density at radius 1 is 1.33 bits per heavy atom. The zero-order chi connectivity index (χ0) is 15.8. The maximum absolute atomic E-state index is 12.6. The fourth-order valence-electron chi connectivity index (χ4n) is 2.57. The molecule has 2 rings (SSSR count). The first-order valence-electron chi connectivity index (χ1n) is 7.18. The van der Waals surface area contributed by atoms with Gasteiger partial charge in [0.25, 0.3) is 0 Å². The first-order valence-corrected chi connectivity index (χ1v) is 8.62. The van der Waals surface area contributed by atoms with Crippen LogP contribution in [-0.4, -0.2) is 41.5 Å². The first-order chi connectivity index (χ1) is 9.73. The third-order valence-electron chi connectivity index (χ3n) is 3.98. The molecule has 0 spiro atoms. The summed E-state index contributed by atoms with van der Waals surface area (Å²) in [6, 6.07) is 1.15. The average molecular weight is 314 g/mol. The maximum atomic E-state index is 12.6. The van der Waals surface area contributed by atoms with E-state index in [0.717, 1.165) is 12.8 Å². The number of carbonyl (C=O) groups is 1. The third-order valence-corrected chi connectivity index (χ3v) is 5.84. The fraction of sp³-hybridized carbons (Fsp3) is 0.643. The minimum Gasteiger partial charge on any atom is -0.477 e. The molecule has 0 atom stereocenters. The van der Waals surface area contributed by atoms with Gasteiger partial charge in [-0.3, -0.25) is 0 Å². The summed E-state index contributed by atoms with van der Waals surface area (Å²) in [5, 5.41) is 9.21. The lowest BCUT2D eigenvalue weighted by molar-refractivity contribution is 0.0683. The van der Waals surface area contributed by atoms with Crippen molar-refractivity contribution in [3.8, 4) is 0 Å². The minimum atomic E-state index is -3.60. The van der Waals surface area contributed by atoms with Gasteiger partial charge < -0.3 is 9.67 Å². The van der Waals surface area contributed by atoms with Crippen molar-refractivity contribution in [1.29, 1.82) is 0 Å². The summed E-state index contributed by atoms with van der Waals surface area (Å²) in [6.45, 7) is 6.76. The van der Waals surface area contributed by atoms with Crippen LogP contribution < -0.4 is 0 Å². The number of aromatic nitrogens is 1. The molecule has 0 aromatic carbocycles. The molecule has 0 unspecified atom stereocenters. The smallest absolute Gasteiger partial charge is 0.352 e. The van der Waals surface area contributed by atoms with E-state index in [0.29, 0.717) is 19.0 Å². The van der Waals surface area contributed by atoms with E-state index < -0.39 is 16.0 Å². The van der Waals surface area contributed by atoms with Gasteiger partial charge in [-0.25, -0.2) is 13.2 Å². The molecular formula is C14H22N2O4S. The quantitative estimate of drug-likeness (QED) is 0.924. The van der Waals surface area contributed by atoms with Crippen molar-refractivity contribution in [2.75, 3.05) is 13.1 Å². The number of aromatic carboxylic acids is 1. The summed E-state index contributed by atoms with van der Waals surface area (Å²) in [6.07, 6.45) is 3.12. The van der Waals surface area contributed by atoms with Gasteiger partial charge in [0, 0.05) is 25.3 Å². The Labute approximate surface area is 125 Å². The number of sulfonamides is 1. The maximum Gasteiger partial charge on any atom is 0.352 e. The molecule has 0 aliphatic carbocycles. The van der Waals surface area contributed by atoms with E-state index in [2.05, 4.69) is 6.92 Å². The summed E-state index contributed by atoms with van der Waals surface area (Å²) in [5.74, 6) is -0.580. The summed E-state index contributed by atoms with van der Waals surface area (Å²) in [4.78, 5) is 11.3. The number of rotatable bonds is 4. The van der Waals surface area contributed by atoms with E-state index in [1.165, 1.54) is 21.1 Å². The van der Waals surface area contributed by atoms with Crippen LogP contribution in [0.4, 0.5) is 0 Å². The van der Waals surface area contributed by atoms with Crippen LogP contribution in [0.25, 0.3) is 0 Å². The van der Waals surface area contributed by atoms with Gasteiger partial charge in [-0.1, -0.05) is 6.92 Å². The lowest BCUT2D eigenvalue weighted by Gasteiger charge is -2.29. The molecule has 0 saturated carbocycles. The van der Waals surface area contributed by atoms with Crippen LogP contribution in [0.5, 0.6) is 0 Å². The third kappa shape index (κ3) is 3.13. The molecule has 21 heavy (non-hydrogen) atoms. The van der Waals surface area contributed by atoms with Crippen molar-refractivity contribution in [3.05, 3.63) is 18.0 Å². The van der Waals surface area contributed by atoms with Crippen molar-refractivity contribution in [2.24, 2.45) is 5.92 Å². The molecule has 1 aromatic heterocycles. The van der Waals surface area contributed by atoms with E-state index in [1.54, 1.807) is 0 Å². The number of carboxylic acids is 1. The highest BCUT2D eigenvalue weighted by Crippen LogP contribution is 2.26. The zero-order valence-corrected chi connectivity index (χ0v) is 13.4. The summed E-state index contributed by atoms with van der Waals surface area (Å²) in [7, 11) is -3.60. The summed E-state index contributed by atoms with van der Waals surface area (Å²) < 4.78 is 28.2. The molecule has 1 N–H and O–H groups in total. The highest BCUT2D eigenvalue weighted by Gasteiger charge is 2.30. The lowest BCUT2D eigenvalue weighted by Crippen LogP contribution is -2.37. The molecule has 1 aromatic rings. The Hall–Kier alpha value is -1.34. The monoisotopic (exact) mass is 314 g/mol. The van der Waals surface area contributed by atoms with Gasteiger partial charge in [-0.05, 0) is 38.7 Å². The van der Waals surface area contributed by atoms with Crippen molar-refractivity contribution < 1.29 is 18.3 Å². The molecule has 0 radical (unpaired) electrons. The van der Waals surface area contributed by atoms with Crippen LogP contribution in [0.15, 0.2) is 17.2 Å². The molecule has 118 valence electrons. The molecule has 1 aliphatic rings.